The fourth-order valence-electron chi connectivity index (χ4n) is 1.39. The molecule has 0 unspecified atom stereocenters. The number of hydrogen-bond donors (Lipinski definition) is 2. The van der Waals surface area contributed by atoms with Crippen LogP contribution in [0.25, 0.3) is 0 Å². The van der Waals surface area contributed by atoms with Gasteiger partial charge in [0.25, 0.3) is 0 Å². The van der Waals surface area contributed by atoms with Gasteiger partial charge in [-0.2, -0.15) is 0 Å². The molecule has 0 aromatic heterocycles. The van der Waals surface area contributed by atoms with Crippen LogP contribution < -0.4 is 10.6 Å². The van der Waals surface area contributed by atoms with Gasteiger partial charge < -0.3 is 15.4 Å². The van der Waals surface area contributed by atoms with Gasteiger partial charge in [-0.1, -0.05) is 12.1 Å². The molecule has 0 fully saturated rings. The third-order valence-corrected chi connectivity index (χ3v) is 2.37. The minimum absolute atomic E-state index is 0.0973. The number of likely N-dealkylation sites (N-methyl/N-ethyl adjacent to an activating group) is 1. The van der Waals surface area contributed by atoms with Crippen LogP contribution in [-0.2, 0) is 4.74 Å². The van der Waals surface area contributed by atoms with E-state index in [1.165, 1.54) is 0 Å². The number of nitrogen functional groups attached to an aromatic ring is 1. The summed E-state index contributed by atoms with van der Waals surface area (Å²) in [5.41, 5.74) is 7.24. The van der Waals surface area contributed by atoms with Crippen LogP contribution in [0.4, 0.5) is 5.69 Å². The molecule has 0 saturated carbocycles. The maximum absolute atomic E-state index is 7.38. The van der Waals surface area contributed by atoms with Gasteiger partial charge in [-0.05, 0) is 19.1 Å². The molecule has 0 amide bonds. The van der Waals surface area contributed by atoms with Crippen molar-refractivity contribution >= 4 is 11.5 Å². The van der Waals surface area contributed by atoms with Crippen LogP contribution in [0, 0.1) is 5.41 Å². The molecule has 4 heteroatoms. The van der Waals surface area contributed by atoms with Crippen molar-refractivity contribution in [2.24, 2.45) is 5.73 Å². The van der Waals surface area contributed by atoms with E-state index in [-0.39, 0.29) is 5.84 Å². The Morgan fingerprint density at radius 3 is 2.88 bits per heavy atom. The molecule has 1 rings (SSSR count). The highest BCUT2D eigenvalue weighted by molar-refractivity contribution is 5.95. The average molecular weight is 221 g/mol. The second-order valence-electron chi connectivity index (χ2n) is 3.58. The molecule has 1 aromatic rings. The molecule has 88 valence electrons. The summed E-state index contributed by atoms with van der Waals surface area (Å²) < 4.78 is 5.29. The lowest BCUT2D eigenvalue weighted by Gasteiger charge is -2.19. The largest absolute Gasteiger partial charge is 0.384 e. The highest BCUT2D eigenvalue weighted by Crippen LogP contribution is 2.14. The van der Waals surface area contributed by atoms with E-state index in [0.29, 0.717) is 6.61 Å². The van der Waals surface area contributed by atoms with Crippen molar-refractivity contribution < 1.29 is 4.74 Å². The molecule has 0 aliphatic carbocycles. The number of anilines is 1. The summed E-state index contributed by atoms with van der Waals surface area (Å²) in [5.74, 6) is 0.0973. The van der Waals surface area contributed by atoms with E-state index in [1.54, 1.807) is 0 Å². The first-order valence-electron chi connectivity index (χ1n) is 5.38. The van der Waals surface area contributed by atoms with Gasteiger partial charge in [0.15, 0.2) is 0 Å². The lowest BCUT2D eigenvalue weighted by molar-refractivity contribution is 0.154. The Balaban J connectivity index is 2.64. The molecule has 0 spiro atoms. The van der Waals surface area contributed by atoms with Crippen molar-refractivity contribution in [3.8, 4) is 0 Å². The second kappa shape index (κ2) is 6.12. The Kier molecular flexibility index (Phi) is 4.79. The van der Waals surface area contributed by atoms with Crippen molar-refractivity contribution in [1.29, 1.82) is 5.41 Å². The Labute approximate surface area is 96.5 Å². The van der Waals surface area contributed by atoms with Gasteiger partial charge in [-0.3, -0.25) is 5.41 Å². The number of hydrogen-bond acceptors (Lipinski definition) is 3. The van der Waals surface area contributed by atoms with Crippen LogP contribution in [0.15, 0.2) is 24.3 Å². The summed E-state index contributed by atoms with van der Waals surface area (Å²) in [6.45, 7) is 4.25. The summed E-state index contributed by atoms with van der Waals surface area (Å²) in [5, 5.41) is 7.38. The van der Waals surface area contributed by atoms with Gasteiger partial charge in [0, 0.05) is 31.5 Å². The Morgan fingerprint density at radius 2 is 2.25 bits per heavy atom. The molecule has 4 nitrogen and oxygen atoms in total. The summed E-state index contributed by atoms with van der Waals surface area (Å²) in [6.07, 6.45) is 0. The molecule has 0 saturated heterocycles. The minimum Gasteiger partial charge on any atom is -0.384 e. The van der Waals surface area contributed by atoms with E-state index in [2.05, 4.69) is 4.90 Å². The van der Waals surface area contributed by atoms with Gasteiger partial charge in [0.2, 0.25) is 0 Å². The number of nitrogens with two attached hydrogens (primary N) is 1. The SMILES string of the molecule is CCOCCN(C)c1cccc(C(=N)N)c1. The number of ether oxygens (including phenoxy) is 1. The zero-order valence-electron chi connectivity index (χ0n) is 9.86. The molecule has 0 aliphatic heterocycles. The van der Waals surface area contributed by atoms with E-state index in [0.717, 1.165) is 24.4 Å². The molecular formula is C12H19N3O. The minimum atomic E-state index is 0.0973. The summed E-state index contributed by atoms with van der Waals surface area (Å²) >= 11 is 0. The Morgan fingerprint density at radius 1 is 1.50 bits per heavy atom. The molecular weight excluding hydrogens is 202 g/mol. The lowest BCUT2D eigenvalue weighted by atomic mass is 10.2. The number of amidine groups is 1. The van der Waals surface area contributed by atoms with Crippen LogP contribution in [0.2, 0.25) is 0 Å². The van der Waals surface area contributed by atoms with Crippen molar-refractivity contribution in [1.82, 2.24) is 0 Å². The molecule has 0 bridgehead atoms. The third kappa shape index (κ3) is 3.55. The smallest absolute Gasteiger partial charge is 0.122 e. The first kappa shape index (κ1) is 12.5. The maximum atomic E-state index is 7.38. The highest BCUT2D eigenvalue weighted by Gasteiger charge is 2.02. The molecule has 3 N–H and O–H groups in total. The van der Waals surface area contributed by atoms with Gasteiger partial charge in [0.1, 0.15) is 5.84 Å². The first-order chi connectivity index (χ1) is 7.65. The van der Waals surface area contributed by atoms with Gasteiger partial charge in [0.05, 0.1) is 6.61 Å². The fraction of sp³-hybridized carbons (Fsp3) is 0.417. The summed E-state index contributed by atoms with van der Waals surface area (Å²) in [7, 11) is 2.00. The van der Waals surface area contributed by atoms with Crippen molar-refractivity contribution in [2.45, 2.75) is 6.92 Å². The lowest BCUT2D eigenvalue weighted by Crippen LogP contribution is -2.23. The van der Waals surface area contributed by atoms with Crippen LogP contribution in [0.1, 0.15) is 12.5 Å². The van der Waals surface area contributed by atoms with Gasteiger partial charge >= 0.3 is 0 Å². The topological polar surface area (TPSA) is 62.3 Å². The van der Waals surface area contributed by atoms with E-state index >= 15 is 0 Å². The molecule has 1 aromatic carbocycles. The van der Waals surface area contributed by atoms with Crippen molar-refractivity contribution in [3.63, 3.8) is 0 Å². The fourth-order valence-corrected chi connectivity index (χ4v) is 1.39. The van der Waals surface area contributed by atoms with Crippen LogP contribution in [0.3, 0.4) is 0 Å². The second-order valence-corrected chi connectivity index (χ2v) is 3.58. The summed E-state index contributed by atoms with van der Waals surface area (Å²) in [6, 6.07) is 7.65. The predicted molar refractivity (Wildman–Crippen MR) is 67.2 cm³/mol. The standard InChI is InChI=1S/C12H19N3O/c1-3-16-8-7-15(2)11-6-4-5-10(9-11)12(13)14/h4-6,9H,3,7-8H2,1-2H3,(H3,13,14). The van der Waals surface area contributed by atoms with E-state index in [9.17, 15) is 0 Å². The van der Waals surface area contributed by atoms with Gasteiger partial charge in [-0.25, -0.2) is 0 Å². The van der Waals surface area contributed by atoms with Crippen LogP contribution in [0.5, 0.6) is 0 Å². The molecule has 0 heterocycles. The maximum Gasteiger partial charge on any atom is 0.122 e. The normalized spacial score (nSPS) is 10.1. The van der Waals surface area contributed by atoms with E-state index in [4.69, 9.17) is 15.9 Å². The molecule has 16 heavy (non-hydrogen) atoms. The molecule has 0 aliphatic rings. The van der Waals surface area contributed by atoms with Gasteiger partial charge in [-0.15, -0.1) is 0 Å². The predicted octanol–water partition coefficient (Wildman–Crippen LogP) is 1.44. The Hall–Kier alpha value is -1.55. The van der Waals surface area contributed by atoms with E-state index in [1.807, 2.05) is 38.2 Å². The monoisotopic (exact) mass is 221 g/mol. The van der Waals surface area contributed by atoms with Crippen LogP contribution in [-0.4, -0.2) is 32.6 Å². The Bertz CT molecular complexity index is 352. The van der Waals surface area contributed by atoms with E-state index < -0.39 is 0 Å². The highest BCUT2D eigenvalue weighted by atomic mass is 16.5. The quantitative estimate of drug-likeness (QED) is 0.434. The molecule has 0 atom stereocenters. The first-order valence-corrected chi connectivity index (χ1v) is 5.38. The zero-order chi connectivity index (χ0) is 12.0. The average Bonchev–Trinajstić information content (AvgIpc) is 2.29. The number of nitrogens with zero attached hydrogens (tertiary/aromatic N) is 1. The third-order valence-electron chi connectivity index (χ3n) is 2.37. The van der Waals surface area contributed by atoms with Crippen molar-refractivity contribution in [3.05, 3.63) is 29.8 Å². The zero-order valence-corrected chi connectivity index (χ0v) is 9.86. The number of rotatable bonds is 6. The molecule has 0 radical (unpaired) electrons. The van der Waals surface area contributed by atoms with Crippen molar-refractivity contribution in [2.75, 3.05) is 31.7 Å². The van der Waals surface area contributed by atoms with Crippen LogP contribution >= 0.6 is 0 Å². The number of benzene rings is 1. The summed E-state index contributed by atoms with van der Waals surface area (Å²) in [4.78, 5) is 2.09. The number of nitrogens with one attached hydrogen (secondary N) is 1.